The number of rotatable bonds is 7. The number of carbonyl (C=O) groups is 1. The average molecular weight is 484 g/mol. The van der Waals surface area contributed by atoms with Crippen LogP contribution in [0.5, 0.6) is 0 Å². The average Bonchev–Trinajstić information content (AvgIpc) is 2.99. The number of nitrogens with one attached hydrogen (secondary N) is 1. The van der Waals surface area contributed by atoms with Gasteiger partial charge < -0.3 is 4.57 Å². The number of amides is 1. The quantitative estimate of drug-likeness (QED) is 0.338. The highest BCUT2D eigenvalue weighted by Gasteiger charge is 2.10. The highest BCUT2D eigenvalue weighted by atomic mass is 79.9. The van der Waals surface area contributed by atoms with Crippen molar-refractivity contribution in [2.45, 2.75) is 33.4 Å². The van der Waals surface area contributed by atoms with Crippen molar-refractivity contribution in [1.29, 1.82) is 0 Å². The second-order valence-electron chi connectivity index (χ2n) is 7.31. The molecule has 0 spiro atoms. The first-order valence-corrected chi connectivity index (χ1v) is 11.7. The van der Waals surface area contributed by atoms with Crippen molar-refractivity contribution in [2.75, 3.05) is 5.75 Å². The van der Waals surface area contributed by atoms with E-state index >= 15 is 0 Å². The van der Waals surface area contributed by atoms with Crippen LogP contribution >= 0.6 is 27.7 Å². The third-order valence-electron chi connectivity index (χ3n) is 5.06. The number of hydrogen-bond donors (Lipinski definition) is 1. The molecule has 6 heteroatoms. The Morgan fingerprint density at radius 3 is 2.60 bits per heavy atom. The maximum atomic E-state index is 12.1. The van der Waals surface area contributed by atoms with Crippen molar-refractivity contribution in [1.82, 2.24) is 9.99 Å². The Hall–Kier alpha value is -2.31. The maximum Gasteiger partial charge on any atom is 0.250 e. The predicted molar refractivity (Wildman–Crippen MR) is 131 cm³/mol. The molecular formula is C24H26BrN3OS. The summed E-state index contributed by atoms with van der Waals surface area (Å²) >= 11 is 5.09. The summed E-state index contributed by atoms with van der Waals surface area (Å²) in [5.74, 6) is 1.03. The minimum atomic E-state index is -0.105. The van der Waals surface area contributed by atoms with E-state index in [-0.39, 0.29) is 5.91 Å². The molecule has 0 fully saturated rings. The molecule has 1 aromatic heterocycles. The van der Waals surface area contributed by atoms with Gasteiger partial charge in [0.05, 0.1) is 12.0 Å². The fraction of sp³-hybridized carbons (Fsp3) is 0.250. The van der Waals surface area contributed by atoms with E-state index in [9.17, 15) is 4.79 Å². The molecule has 4 nitrogen and oxygen atoms in total. The third-order valence-corrected chi connectivity index (χ3v) is 6.82. The van der Waals surface area contributed by atoms with Crippen molar-refractivity contribution >= 4 is 39.8 Å². The van der Waals surface area contributed by atoms with Crippen molar-refractivity contribution in [3.63, 3.8) is 0 Å². The smallest absolute Gasteiger partial charge is 0.250 e. The number of halogens is 1. The van der Waals surface area contributed by atoms with E-state index in [1.54, 1.807) is 18.0 Å². The summed E-state index contributed by atoms with van der Waals surface area (Å²) in [5.41, 5.74) is 10.7. The van der Waals surface area contributed by atoms with Gasteiger partial charge in [-0.25, -0.2) is 5.43 Å². The molecule has 3 rings (SSSR count). The molecule has 30 heavy (non-hydrogen) atoms. The van der Waals surface area contributed by atoms with Crippen molar-refractivity contribution in [3.05, 3.63) is 86.6 Å². The highest BCUT2D eigenvalue weighted by Crippen LogP contribution is 2.22. The van der Waals surface area contributed by atoms with Gasteiger partial charge in [0.15, 0.2) is 0 Å². The summed E-state index contributed by atoms with van der Waals surface area (Å²) in [5, 5.41) is 4.16. The van der Waals surface area contributed by atoms with Gasteiger partial charge in [0.1, 0.15) is 0 Å². The summed E-state index contributed by atoms with van der Waals surface area (Å²) in [7, 11) is 0. The largest absolute Gasteiger partial charge is 0.318 e. The zero-order chi connectivity index (χ0) is 21.7. The number of carbonyl (C=O) groups excluding carboxylic acids is 1. The van der Waals surface area contributed by atoms with Crippen LogP contribution in [0.4, 0.5) is 0 Å². The van der Waals surface area contributed by atoms with E-state index in [4.69, 9.17) is 0 Å². The molecule has 0 atom stereocenters. The predicted octanol–water partition coefficient (Wildman–Crippen LogP) is 5.86. The van der Waals surface area contributed by atoms with Crippen molar-refractivity contribution in [2.24, 2.45) is 5.10 Å². The highest BCUT2D eigenvalue weighted by molar-refractivity contribution is 9.10. The molecule has 3 aromatic rings. The van der Waals surface area contributed by atoms with Crippen LogP contribution in [0.2, 0.25) is 0 Å². The standard InChI is InChI=1S/C24H26BrN3OS/c1-16-9-10-22(11-17(16)2)28-18(3)12-21(19(28)4)13-26-27-24(29)15-30-14-20-7-5-6-8-23(20)25/h5-13H,14-15H2,1-4H3,(H,27,29)/b26-13-. The first-order valence-electron chi connectivity index (χ1n) is 9.76. The topological polar surface area (TPSA) is 46.4 Å². The summed E-state index contributed by atoms with van der Waals surface area (Å²) in [4.78, 5) is 12.1. The van der Waals surface area contributed by atoms with E-state index < -0.39 is 0 Å². The molecular weight excluding hydrogens is 458 g/mol. The van der Waals surface area contributed by atoms with E-state index in [0.717, 1.165) is 32.9 Å². The van der Waals surface area contributed by atoms with Crippen LogP contribution in [0.1, 0.15) is 33.6 Å². The van der Waals surface area contributed by atoms with E-state index in [2.05, 4.69) is 89.1 Å². The van der Waals surface area contributed by atoms with Gasteiger partial charge in [-0.2, -0.15) is 5.10 Å². The van der Waals surface area contributed by atoms with Crippen LogP contribution in [0.15, 0.2) is 58.1 Å². The molecule has 0 aliphatic heterocycles. The van der Waals surface area contributed by atoms with Crippen LogP contribution < -0.4 is 5.43 Å². The van der Waals surface area contributed by atoms with Gasteiger partial charge in [-0.1, -0.05) is 40.2 Å². The minimum Gasteiger partial charge on any atom is -0.318 e. The monoisotopic (exact) mass is 483 g/mol. The summed E-state index contributed by atoms with van der Waals surface area (Å²) < 4.78 is 3.28. The zero-order valence-corrected chi connectivity index (χ0v) is 20.1. The Bertz CT molecular complexity index is 1090. The Kier molecular flexibility index (Phi) is 7.56. The summed E-state index contributed by atoms with van der Waals surface area (Å²) in [6, 6.07) is 16.6. The second-order valence-corrected chi connectivity index (χ2v) is 9.15. The number of thioether (sulfide) groups is 1. The van der Waals surface area contributed by atoms with Crippen LogP contribution in [-0.2, 0) is 10.5 Å². The first-order chi connectivity index (χ1) is 14.4. The fourth-order valence-electron chi connectivity index (χ4n) is 3.26. The lowest BCUT2D eigenvalue weighted by Gasteiger charge is -2.11. The van der Waals surface area contributed by atoms with E-state index in [1.165, 1.54) is 16.7 Å². The van der Waals surface area contributed by atoms with E-state index in [0.29, 0.717) is 5.75 Å². The van der Waals surface area contributed by atoms with Gasteiger partial charge in [-0.15, -0.1) is 11.8 Å². The number of benzene rings is 2. The molecule has 1 amide bonds. The molecule has 0 saturated heterocycles. The maximum absolute atomic E-state index is 12.1. The number of aromatic nitrogens is 1. The first kappa shape index (κ1) is 22.4. The van der Waals surface area contributed by atoms with E-state index in [1.807, 2.05) is 18.2 Å². The SMILES string of the molecule is Cc1ccc(-n2c(C)cc(/C=N\NC(=O)CSCc3ccccc3Br)c2C)cc1C. The Morgan fingerprint density at radius 1 is 1.10 bits per heavy atom. The molecule has 1 heterocycles. The van der Waals surface area contributed by atoms with Crippen LogP contribution in [0.25, 0.3) is 5.69 Å². The van der Waals surface area contributed by atoms with Gasteiger partial charge in [0.2, 0.25) is 5.91 Å². The van der Waals surface area contributed by atoms with Gasteiger partial charge in [0, 0.05) is 32.9 Å². The lowest BCUT2D eigenvalue weighted by Crippen LogP contribution is -2.19. The molecule has 0 aliphatic rings. The normalized spacial score (nSPS) is 11.2. The minimum absolute atomic E-state index is 0.105. The van der Waals surface area contributed by atoms with Gasteiger partial charge >= 0.3 is 0 Å². The molecule has 1 N–H and O–H groups in total. The van der Waals surface area contributed by atoms with Crippen LogP contribution in [0, 0.1) is 27.7 Å². The van der Waals surface area contributed by atoms with Gasteiger partial charge in [-0.3, -0.25) is 4.79 Å². The third kappa shape index (κ3) is 5.43. The fourth-order valence-corrected chi connectivity index (χ4v) is 4.69. The molecule has 0 radical (unpaired) electrons. The summed E-state index contributed by atoms with van der Waals surface area (Å²) in [6.45, 7) is 8.39. The molecule has 156 valence electrons. The number of hydrazone groups is 1. The lowest BCUT2D eigenvalue weighted by atomic mass is 10.1. The summed E-state index contributed by atoms with van der Waals surface area (Å²) in [6.07, 6.45) is 1.72. The lowest BCUT2D eigenvalue weighted by molar-refractivity contribution is -0.118. The molecule has 0 unspecified atom stereocenters. The second kappa shape index (κ2) is 10.1. The number of nitrogens with zero attached hydrogens (tertiary/aromatic N) is 2. The molecule has 2 aromatic carbocycles. The van der Waals surface area contributed by atoms with Gasteiger partial charge in [-0.05, 0) is 68.7 Å². The Balaban J connectivity index is 1.59. The molecule has 0 bridgehead atoms. The Labute approximate surface area is 190 Å². The molecule has 0 aliphatic carbocycles. The van der Waals surface area contributed by atoms with Gasteiger partial charge in [0.25, 0.3) is 0 Å². The number of aryl methyl sites for hydroxylation is 3. The van der Waals surface area contributed by atoms with Crippen molar-refractivity contribution in [3.8, 4) is 5.69 Å². The number of hydrogen-bond acceptors (Lipinski definition) is 3. The molecule has 0 saturated carbocycles. The van der Waals surface area contributed by atoms with Crippen LogP contribution in [-0.4, -0.2) is 22.4 Å². The van der Waals surface area contributed by atoms with Crippen molar-refractivity contribution < 1.29 is 4.79 Å². The zero-order valence-electron chi connectivity index (χ0n) is 17.7. The van der Waals surface area contributed by atoms with Crippen LogP contribution in [0.3, 0.4) is 0 Å². The Morgan fingerprint density at radius 2 is 1.87 bits per heavy atom.